The second-order valence-electron chi connectivity index (χ2n) is 12.3. The lowest BCUT2D eigenvalue weighted by atomic mass is 9.48. The van der Waals surface area contributed by atoms with Crippen molar-refractivity contribution in [3.63, 3.8) is 0 Å². The van der Waals surface area contributed by atoms with E-state index in [0.29, 0.717) is 40.6 Å². The highest BCUT2D eigenvalue weighted by Gasteiger charge is 2.46. The Morgan fingerprint density at radius 1 is 0.939 bits per heavy atom. The molecular weight excluding hydrogens is 645 g/mol. The highest BCUT2D eigenvalue weighted by Crippen LogP contribution is 2.36. The van der Waals surface area contributed by atoms with Crippen molar-refractivity contribution in [1.29, 1.82) is 0 Å². The van der Waals surface area contributed by atoms with Crippen LogP contribution in [0.5, 0.6) is 0 Å². The lowest BCUT2D eigenvalue weighted by Gasteiger charge is -2.37. The van der Waals surface area contributed by atoms with Crippen LogP contribution in [0.3, 0.4) is 0 Å². The van der Waals surface area contributed by atoms with Crippen molar-refractivity contribution < 1.29 is 36.3 Å². The lowest BCUT2D eigenvalue weighted by Crippen LogP contribution is -2.50. The number of piperazine rings is 1. The summed E-state index contributed by atoms with van der Waals surface area (Å²) in [6, 6.07) is 10.9. The molecule has 2 aliphatic rings. The van der Waals surface area contributed by atoms with Gasteiger partial charge in [-0.3, -0.25) is 14.7 Å². The van der Waals surface area contributed by atoms with E-state index in [-0.39, 0.29) is 54.3 Å². The topological polar surface area (TPSA) is 93.8 Å². The van der Waals surface area contributed by atoms with Gasteiger partial charge in [-0.1, -0.05) is 16.8 Å². The number of rotatable bonds is 7. The molecule has 2 fully saturated rings. The fourth-order valence-electron chi connectivity index (χ4n) is 6.23. The van der Waals surface area contributed by atoms with Gasteiger partial charge >= 0.3 is 12.1 Å². The second-order valence-corrected chi connectivity index (χ2v) is 12.3. The molecule has 2 amide bonds. The van der Waals surface area contributed by atoms with Crippen molar-refractivity contribution in [3.8, 4) is 0 Å². The van der Waals surface area contributed by atoms with Crippen LogP contribution in [-0.2, 0) is 14.7 Å². The Kier molecular flexibility index (Phi) is 9.46. The molecule has 6 rings (SSSR count). The summed E-state index contributed by atoms with van der Waals surface area (Å²) in [7, 11) is 14.7. The Labute approximate surface area is 281 Å². The van der Waals surface area contributed by atoms with Crippen LogP contribution < -0.4 is 15.1 Å². The van der Waals surface area contributed by atoms with E-state index in [2.05, 4.69) is 20.4 Å². The summed E-state index contributed by atoms with van der Waals surface area (Å²) in [5.41, 5.74) is 0.794. The van der Waals surface area contributed by atoms with Gasteiger partial charge in [-0.25, -0.2) is 8.78 Å². The molecule has 2 aliphatic heterocycles. The van der Waals surface area contributed by atoms with E-state index in [9.17, 15) is 31.5 Å². The van der Waals surface area contributed by atoms with Crippen molar-refractivity contribution >= 4 is 55.6 Å². The molecule has 3 aromatic carbocycles. The van der Waals surface area contributed by atoms with Gasteiger partial charge < -0.3 is 24.8 Å². The number of hydrogen-bond donors (Lipinski definition) is 2. The van der Waals surface area contributed by atoms with E-state index in [1.807, 2.05) is 11.9 Å². The minimum absolute atomic E-state index is 0.0167. The number of nitrogens with one attached hydrogen (secondary N) is 2. The number of H-pyrrole nitrogens is 1. The van der Waals surface area contributed by atoms with Crippen molar-refractivity contribution in [3.05, 3.63) is 82.9 Å². The van der Waals surface area contributed by atoms with Crippen LogP contribution in [0.4, 0.5) is 39.1 Å². The smallest absolute Gasteiger partial charge is 0.381 e. The van der Waals surface area contributed by atoms with Gasteiger partial charge in [0.15, 0.2) is 5.82 Å². The van der Waals surface area contributed by atoms with Crippen LogP contribution in [0.2, 0.25) is 0 Å². The number of aromatic nitrogens is 2. The quantitative estimate of drug-likeness (QED) is 0.222. The summed E-state index contributed by atoms with van der Waals surface area (Å²) in [6.07, 6.45) is -4.93. The van der Waals surface area contributed by atoms with Gasteiger partial charge in [-0.05, 0) is 67.9 Å². The maximum Gasteiger partial charge on any atom is 0.471 e. The molecule has 0 aliphatic carbocycles. The average molecular weight is 676 g/mol. The van der Waals surface area contributed by atoms with Crippen LogP contribution in [0, 0.1) is 11.6 Å². The summed E-state index contributed by atoms with van der Waals surface area (Å²) in [6.45, 7) is 2.94. The Bertz CT molecular complexity index is 1850. The maximum atomic E-state index is 14.1. The first-order chi connectivity index (χ1) is 23.2. The molecule has 2 saturated heterocycles. The Morgan fingerprint density at radius 3 is 2.27 bits per heavy atom. The molecule has 0 saturated carbocycles. The third-order valence-corrected chi connectivity index (χ3v) is 8.98. The van der Waals surface area contributed by atoms with Gasteiger partial charge in [0.25, 0.3) is 5.91 Å². The number of amides is 2. The lowest BCUT2D eigenvalue weighted by molar-refractivity contribution is -0.171. The predicted molar refractivity (Wildman–Crippen MR) is 176 cm³/mol. The minimum Gasteiger partial charge on any atom is -0.381 e. The van der Waals surface area contributed by atoms with Gasteiger partial charge in [0.1, 0.15) is 11.6 Å². The van der Waals surface area contributed by atoms with E-state index in [1.54, 1.807) is 12.1 Å². The zero-order valence-electron chi connectivity index (χ0n) is 26.5. The summed E-state index contributed by atoms with van der Waals surface area (Å²) < 4.78 is 75.8. The number of ether oxygens (including phenoxy) is 1. The monoisotopic (exact) mass is 676 g/mol. The summed E-state index contributed by atoms with van der Waals surface area (Å²) in [4.78, 5) is 31.8. The zero-order chi connectivity index (χ0) is 35.1. The first-order valence-corrected chi connectivity index (χ1v) is 15.6. The van der Waals surface area contributed by atoms with Crippen molar-refractivity contribution in [2.24, 2.45) is 0 Å². The molecule has 2 N–H and O–H groups in total. The standard InChI is InChI=1S/C33H31B2F5N6O3/c1-44-8-10-45(11-9-44)24-3-4-25(28(18-24)46(31(48)33(38,39)40)23-6-12-49-13-7-23)30(47)41-29-26-16-19(2-5-27(26)42-43-29)32(34,35)20-14-21(36)17-22(37)15-20/h2-5,14-18,23H,6-13H2,1H3,(H2,41,42,43,47). The fourth-order valence-corrected chi connectivity index (χ4v) is 6.23. The maximum absolute atomic E-state index is 14.1. The number of likely N-dealkylation sites (N-methyl/N-ethyl adjacent to an activating group) is 1. The SMILES string of the molecule is [B]C([B])(c1cc(F)cc(F)c1)c1ccc2[nH]nc(NC(=O)c3ccc(N4CCN(C)CC4)cc3N(C(=O)C(F)(F)F)C3CCOCC3)c2c1. The van der Waals surface area contributed by atoms with Crippen molar-refractivity contribution in [2.45, 2.75) is 30.3 Å². The number of alkyl halides is 3. The van der Waals surface area contributed by atoms with E-state index < -0.39 is 40.9 Å². The van der Waals surface area contributed by atoms with Gasteiger partial charge in [0.2, 0.25) is 0 Å². The second kappa shape index (κ2) is 13.5. The Hall–Kier alpha value is -4.43. The number of carbonyl (C=O) groups excluding carboxylic acids is 2. The average Bonchev–Trinajstić information content (AvgIpc) is 3.46. The molecule has 16 heteroatoms. The molecule has 0 spiro atoms. The van der Waals surface area contributed by atoms with E-state index in [0.717, 1.165) is 25.2 Å². The number of hydrogen-bond acceptors (Lipinski definition) is 6. The van der Waals surface area contributed by atoms with E-state index >= 15 is 0 Å². The highest BCUT2D eigenvalue weighted by molar-refractivity contribution is 6.42. The van der Waals surface area contributed by atoms with Gasteiger partial charge in [-0.2, -0.15) is 18.3 Å². The van der Waals surface area contributed by atoms with Gasteiger partial charge in [0.05, 0.1) is 32.5 Å². The number of fused-ring (bicyclic) bond motifs is 1. The number of nitrogens with zero attached hydrogens (tertiary/aromatic N) is 4. The summed E-state index contributed by atoms with van der Waals surface area (Å²) >= 11 is 0. The third kappa shape index (κ3) is 7.16. The molecule has 9 nitrogen and oxygen atoms in total. The molecule has 4 aromatic rings. The number of benzene rings is 3. The Balaban J connectivity index is 1.39. The summed E-state index contributed by atoms with van der Waals surface area (Å²) in [5.74, 6) is -4.68. The molecule has 1 aromatic heterocycles. The molecule has 252 valence electrons. The van der Waals surface area contributed by atoms with Crippen molar-refractivity contribution in [1.82, 2.24) is 15.1 Å². The number of halogens is 5. The zero-order valence-corrected chi connectivity index (χ0v) is 26.5. The molecule has 0 atom stereocenters. The first kappa shape index (κ1) is 34.4. The van der Waals surface area contributed by atoms with Crippen LogP contribution in [-0.4, -0.2) is 101 Å². The highest BCUT2D eigenvalue weighted by atomic mass is 19.4. The normalized spacial score (nSPS) is 16.6. The Morgan fingerprint density at radius 2 is 1.61 bits per heavy atom. The molecule has 4 radical (unpaired) electrons. The molecule has 3 heterocycles. The first-order valence-electron chi connectivity index (χ1n) is 15.6. The van der Waals surface area contributed by atoms with Crippen LogP contribution in [0.25, 0.3) is 10.9 Å². The third-order valence-electron chi connectivity index (χ3n) is 8.98. The van der Waals surface area contributed by atoms with E-state index in [1.165, 1.54) is 24.3 Å². The van der Waals surface area contributed by atoms with Gasteiger partial charge in [-0.15, -0.1) is 0 Å². The van der Waals surface area contributed by atoms with Crippen molar-refractivity contribution in [2.75, 3.05) is 61.6 Å². The number of anilines is 3. The van der Waals surface area contributed by atoms with Crippen LogP contribution in [0.1, 0.15) is 34.3 Å². The van der Waals surface area contributed by atoms with Crippen LogP contribution in [0.15, 0.2) is 54.6 Å². The fraction of sp³-hybridized carbons (Fsp3) is 0.364. The largest absolute Gasteiger partial charge is 0.471 e. The summed E-state index contributed by atoms with van der Waals surface area (Å²) in [5, 5.41) is 8.04. The molecule has 0 unspecified atom stereocenters. The van der Waals surface area contributed by atoms with E-state index in [4.69, 9.17) is 20.4 Å². The van der Waals surface area contributed by atoms with Crippen LogP contribution >= 0.6 is 0 Å². The van der Waals surface area contributed by atoms with Gasteiger partial charge in [0, 0.05) is 62.6 Å². The molecular formula is C33H31B2F5N6O3. The predicted octanol–water partition coefficient (Wildman–Crippen LogP) is 4.46. The number of aromatic amines is 1. The minimum atomic E-state index is -5.22. The number of carbonyl (C=O) groups is 2. The molecule has 49 heavy (non-hydrogen) atoms. The molecule has 0 bridgehead atoms.